The molecule has 0 aromatic heterocycles. The number of amides is 2. The van der Waals surface area contributed by atoms with Crippen LogP contribution in [-0.4, -0.2) is 59.5 Å². The Morgan fingerprint density at radius 2 is 1.71 bits per heavy atom. The quantitative estimate of drug-likeness (QED) is 0.854. The van der Waals surface area contributed by atoms with Crippen molar-refractivity contribution in [3.05, 3.63) is 0 Å². The van der Waals surface area contributed by atoms with Crippen LogP contribution in [0, 0.1) is 17.8 Å². The molecule has 5 heteroatoms. The van der Waals surface area contributed by atoms with E-state index in [9.17, 15) is 14.7 Å². The maximum Gasteiger partial charge on any atom is 0.227 e. The van der Waals surface area contributed by atoms with Gasteiger partial charge in [0.05, 0.1) is 5.92 Å². The van der Waals surface area contributed by atoms with Crippen LogP contribution < -0.4 is 0 Å². The smallest absolute Gasteiger partial charge is 0.227 e. The molecule has 24 heavy (non-hydrogen) atoms. The van der Waals surface area contributed by atoms with Gasteiger partial charge in [-0.1, -0.05) is 19.3 Å². The largest absolute Gasteiger partial charge is 0.396 e. The molecule has 0 radical (unpaired) electrons. The lowest BCUT2D eigenvalue weighted by molar-refractivity contribution is -0.144. The number of carbonyl (C=O) groups is 2. The fourth-order valence-corrected chi connectivity index (χ4v) is 4.57. The number of hydrogen-bond acceptors (Lipinski definition) is 3. The highest BCUT2D eigenvalue weighted by Gasteiger charge is 2.34. The average molecular weight is 336 g/mol. The van der Waals surface area contributed by atoms with Crippen LogP contribution in [0.5, 0.6) is 0 Å². The molecule has 1 aliphatic carbocycles. The highest BCUT2D eigenvalue weighted by atomic mass is 16.3. The van der Waals surface area contributed by atoms with Crippen LogP contribution in [0.3, 0.4) is 0 Å². The molecule has 1 saturated carbocycles. The van der Waals surface area contributed by atoms with Crippen molar-refractivity contribution >= 4 is 11.8 Å². The Hall–Kier alpha value is -1.10. The Bertz CT molecular complexity index is 440. The fourth-order valence-electron chi connectivity index (χ4n) is 4.57. The highest BCUT2D eigenvalue weighted by molar-refractivity contribution is 5.84. The average Bonchev–Trinajstić information content (AvgIpc) is 2.64. The van der Waals surface area contributed by atoms with Gasteiger partial charge in [-0.3, -0.25) is 9.59 Å². The summed E-state index contributed by atoms with van der Waals surface area (Å²) >= 11 is 0. The van der Waals surface area contributed by atoms with Gasteiger partial charge < -0.3 is 14.9 Å². The maximum atomic E-state index is 12.8. The fraction of sp³-hybridized carbons (Fsp3) is 0.895. The molecule has 3 aliphatic rings. The minimum absolute atomic E-state index is 0.0167. The SMILES string of the molecule is O=C1CCC(C(=O)N2CCC(CO)CC2)CN1CC1CCCCC1. The molecule has 0 aromatic carbocycles. The molecule has 0 aromatic rings. The first-order valence-electron chi connectivity index (χ1n) is 9.84. The van der Waals surface area contributed by atoms with E-state index in [0.717, 1.165) is 32.5 Å². The molecule has 5 nitrogen and oxygen atoms in total. The van der Waals surface area contributed by atoms with Crippen molar-refractivity contribution in [3.63, 3.8) is 0 Å². The van der Waals surface area contributed by atoms with E-state index >= 15 is 0 Å². The highest BCUT2D eigenvalue weighted by Crippen LogP contribution is 2.28. The van der Waals surface area contributed by atoms with Crippen LogP contribution in [0.15, 0.2) is 0 Å². The van der Waals surface area contributed by atoms with E-state index in [1.54, 1.807) is 0 Å². The van der Waals surface area contributed by atoms with Crippen molar-refractivity contribution in [1.82, 2.24) is 9.80 Å². The lowest BCUT2D eigenvalue weighted by Crippen LogP contribution is -2.50. The summed E-state index contributed by atoms with van der Waals surface area (Å²) in [5.41, 5.74) is 0. The van der Waals surface area contributed by atoms with Crippen molar-refractivity contribution in [2.24, 2.45) is 17.8 Å². The lowest BCUT2D eigenvalue weighted by atomic mass is 9.87. The van der Waals surface area contributed by atoms with Crippen LogP contribution in [0.25, 0.3) is 0 Å². The van der Waals surface area contributed by atoms with Gasteiger partial charge in [0.15, 0.2) is 0 Å². The normalized spacial score (nSPS) is 27.5. The molecule has 2 aliphatic heterocycles. The third-order valence-electron chi connectivity index (χ3n) is 6.24. The van der Waals surface area contributed by atoms with E-state index in [4.69, 9.17) is 0 Å². The molecule has 3 fully saturated rings. The maximum absolute atomic E-state index is 12.8. The van der Waals surface area contributed by atoms with E-state index in [1.807, 2.05) is 9.80 Å². The van der Waals surface area contributed by atoms with Gasteiger partial charge in [-0.25, -0.2) is 0 Å². The number of hydrogen-bond donors (Lipinski definition) is 1. The first-order valence-corrected chi connectivity index (χ1v) is 9.84. The topological polar surface area (TPSA) is 60.9 Å². The number of piperidine rings is 2. The van der Waals surface area contributed by atoms with Gasteiger partial charge in [-0.15, -0.1) is 0 Å². The third-order valence-corrected chi connectivity index (χ3v) is 6.24. The molecule has 3 rings (SSSR count). The summed E-state index contributed by atoms with van der Waals surface area (Å²) in [5.74, 6) is 1.44. The zero-order valence-corrected chi connectivity index (χ0v) is 14.8. The van der Waals surface area contributed by atoms with Gasteiger partial charge in [0, 0.05) is 39.2 Å². The monoisotopic (exact) mass is 336 g/mol. The van der Waals surface area contributed by atoms with Gasteiger partial charge >= 0.3 is 0 Å². The van der Waals surface area contributed by atoms with Crippen LogP contribution in [0.4, 0.5) is 0 Å². The Labute approximate surface area is 145 Å². The van der Waals surface area contributed by atoms with Crippen LogP contribution in [0.1, 0.15) is 57.8 Å². The number of aliphatic hydroxyl groups excluding tert-OH is 1. The Morgan fingerprint density at radius 3 is 2.38 bits per heavy atom. The van der Waals surface area contributed by atoms with Crippen LogP contribution in [0.2, 0.25) is 0 Å². The summed E-state index contributed by atoms with van der Waals surface area (Å²) in [7, 11) is 0. The zero-order valence-electron chi connectivity index (χ0n) is 14.8. The van der Waals surface area contributed by atoms with Crippen molar-refractivity contribution in [2.45, 2.75) is 57.8 Å². The Morgan fingerprint density at radius 1 is 1.00 bits per heavy atom. The molecule has 2 heterocycles. The Balaban J connectivity index is 1.52. The zero-order chi connectivity index (χ0) is 16.9. The number of carbonyl (C=O) groups excluding carboxylic acids is 2. The first kappa shape index (κ1) is 17.7. The Kier molecular flexibility index (Phi) is 6.14. The van der Waals surface area contributed by atoms with Crippen LogP contribution >= 0.6 is 0 Å². The van der Waals surface area contributed by atoms with E-state index < -0.39 is 0 Å². The number of rotatable bonds is 4. The summed E-state index contributed by atoms with van der Waals surface area (Å²) in [6.07, 6.45) is 9.40. The minimum atomic E-state index is -0.0167. The summed E-state index contributed by atoms with van der Waals surface area (Å²) in [4.78, 5) is 29.0. The van der Waals surface area contributed by atoms with Crippen molar-refractivity contribution in [1.29, 1.82) is 0 Å². The molecule has 1 N–H and O–H groups in total. The van der Waals surface area contributed by atoms with E-state index in [-0.39, 0.29) is 24.3 Å². The molecular weight excluding hydrogens is 304 g/mol. The number of aliphatic hydroxyl groups is 1. The first-order chi connectivity index (χ1) is 11.7. The molecule has 1 unspecified atom stereocenters. The molecule has 2 saturated heterocycles. The second kappa shape index (κ2) is 8.32. The minimum Gasteiger partial charge on any atom is -0.396 e. The second-order valence-electron chi connectivity index (χ2n) is 7.99. The lowest BCUT2D eigenvalue weighted by Gasteiger charge is -2.39. The second-order valence-corrected chi connectivity index (χ2v) is 7.99. The standard InChI is InChI=1S/C19H32N2O3/c22-14-16-8-10-20(11-9-16)19(24)17-6-7-18(23)21(13-17)12-15-4-2-1-3-5-15/h15-17,22H,1-14H2. The molecule has 0 spiro atoms. The molecular formula is C19H32N2O3. The summed E-state index contributed by atoms with van der Waals surface area (Å²) in [6.45, 7) is 3.23. The van der Waals surface area contributed by atoms with Crippen molar-refractivity contribution in [2.75, 3.05) is 32.8 Å². The van der Waals surface area contributed by atoms with Gasteiger partial charge in [-0.2, -0.15) is 0 Å². The van der Waals surface area contributed by atoms with Gasteiger partial charge in [0.2, 0.25) is 11.8 Å². The number of likely N-dealkylation sites (tertiary alicyclic amines) is 2. The predicted octanol–water partition coefficient (Wildman–Crippen LogP) is 2.04. The number of nitrogens with zero attached hydrogens (tertiary/aromatic N) is 2. The van der Waals surface area contributed by atoms with Gasteiger partial charge in [0.1, 0.15) is 0 Å². The van der Waals surface area contributed by atoms with E-state index in [2.05, 4.69) is 0 Å². The van der Waals surface area contributed by atoms with Gasteiger partial charge in [-0.05, 0) is 43.9 Å². The molecule has 2 amide bonds. The molecule has 136 valence electrons. The predicted molar refractivity (Wildman–Crippen MR) is 92.3 cm³/mol. The summed E-state index contributed by atoms with van der Waals surface area (Å²) in [5, 5.41) is 9.24. The van der Waals surface area contributed by atoms with E-state index in [0.29, 0.717) is 31.2 Å². The molecule has 0 bridgehead atoms. The van der Waals surface area contributed by atoms with Crippen LogP contribution in [-0.2, 0) is 9.59 Å². The summed E-state index contributed by atoms with van der Waals surface area (Å²) in [6, 6.07) is 0. The van der Waals surface area contributed by atoms with Crippen molar-refractivity contribution < 1.29 is 14.7 Å². The van der Waals surface area contributed by atoms with Crippen molar-refractivity contribution in [3.8, 4) is 0 Å². The molecule has 1 atom stereocenters. The third kappa shape index (κ3) is 4.29. The summed E-state index contributed by atoms with van der Waals surface area (Å²) < 4.78 is 0. The van der Waals surface area contributed by atoms with Gasteiger partial charge in [0.25, 0.3) is 0 Å². The van der Waals surface area contributed by atoms with E-state index in [1.165, 1.54) is 32.1 Å².